The van der Waals surface area contributed by atoms with Crippen molar-refractivity contribution in [1.29, 1.82) is 0 Å². The summed E-state index contributed by atoms with van der Waals surface area (Å²) in [4.78, 5) is 17.1. The van der Waals surface area contributed by atoms with Crippen molar-refractivity contribution < 1.29 is 14.3 Å². The van der Waals surface area contributed by atoms with E-state index < -0.39 is 0 Å². The third-order valence-corrected chi connectivity index (χ3v) is 6.31. The minimum absolute atomic E-state index is 0.247. The average Bonchev–Trinajstić information content (AvgIpc) is 3.53. The zero-order valence-electron chi connectivity index (χ0n) is 16.4. The van der Waals surface area contributed by atoms with Crippen LogP contribution in [0.15, 0.2) is 24.3 Å². The van der Waals surface area contributed by atoms with Crippen LogP contribution in [-0.4, -0.2) is 61.1 Å². The van der Waals surface area contributed by atoms with Gasteiger partial charge in [-0.3, -0.25) is 4.79 Å². The van der Waals surface area contributed by atoms with Crippen LogP contribution in [0.5, 0.6) is 11.5 Å². The lowest BCUT2D eigenvalue weighted by molar-refractivity contribution is -0.130. The van der Waals surface area contributed by atoms with Crippen LogP contribution in [0.3, 0.4) is 0 Å². The Kier molecular flexibility index (Phi) is 5.86. The molecule has 1 amide bonds. The number of likely N-dealkylation sites (tertiary alicyclic amines) is 2. The standard InChI is InChI=1S/C22H32N2O3/c1-26-20-4-2-3-5-21(20)27-19-11-14-23(15-12-19)18-8-9-22(25)24(13-10-18)16-17-6-7-17/h2-5,17-19H,6-16H2,1H3. The number of amides is 1. The fraction of sp³-hybridized carbons (Fsp3) is 0.682. The molecular formula is C22H32N2O3. The number of methoxy groups -OCH3 is 1. The van der Waals surface area contributed by atoms with E-state index in [1.165, 1.54) is 12.8 Å². The fourth-order valence-corrected chi connectivity index (χ4v) is 4.45. The smallest absolute Gasteiger partial charge is 0.222 e. The number of carbonyl (C=O) groups excluding carboxylic acids is 1. The molecule has 5 heteroatoms. The first-order valence-corrected chi connectivity index (χ1v) is 10.5. The molecular weight excluding hydrogens is 340 g/mol. The van der Waals surface area contributed by atoms with E-state index in [9.17, 15) is 4.79 Å². The zero-order valence-corrected chi connectivity index (χ0v) is 16.4. The summed E-state index contributed by atoms with van der Waals surface area (Å²) in [5.74, 6) is 2.80. The molecule has 1 unspecified atom stereocenters. The van der Waals surface area contributed by atoms with Crippen molar-refractivity contribution in [1.82, 2.24) is 9.80 Å². The highest BCUT2D eigenvalue weighted by Gasteiger charge is 2.32. The Bertz CT molecular complexity index is 638. The number of nitrogens with zero attached hydrogens (tertiary/aromatic N) is 2. The molecule has 1 aliphatic carbocycles. The van der Waals surface area contributed by atoms with E-state index in [0.717, 1.165) is 75.7 Å². The molecule has 1 saturated carbocycles. The van der Waals surface area contributed by atoms with Gasteiger partial charge in [-0.15, -0.1) is 0 Å². The van der Waals surface area contributed by atoms with Gasteiger partial charge >= 0.3 is 0 Å². The van der Waals surface area contributed by atoms with E-state index in [-0.39, 0.29) is 6.10 Å². The van der Waals surface area contributed by atoms with Gasteiger partial charge in [0.2, 0.25) is 5.91 Å². The highest BCUT2D eigenvalue weighted by atomic mass is 16.5. The minimum atomic E-state index is 0.247. The van der Waals surface area contributed by atoms with Gasteiger partial charge in [-0.25, -0.2) is 0 Å². The lowest BCUT2D eigenvalue weighted by atomic mass is 10.0. The summed E-state index contributed by atoms with van der Waals surface area (Å²) >= 11 is 0. The monoisotopic (exact) mass is 372 g/mol. The van der Waals surface area contributed by atoms with Gasteiger partial charge in [0.15, 0.2) is 11.5 Å². The zero-order chi connectivity index (χ0) is 18.6. The molecule has 1 atom stereocenters. The van der Waals surface area contributed by atoms with E-state index in [4.69, 9.17) is 9.47 Å². The summed E-state index contributed by atoms with van der Waals surface area (Å²) in [6.07, 6.45) is 7.79. The Morgan fingerprint density at radius 2 is 1.70 bits per heavy atom. The molecule has 2 saturated heterocycles. The predicted octanol–water partition coefficient (Wildman–Crippen LogP) is 3.33. The molecule has 0 aromatic heterocycles. The maximum Gasteiger partial charge on any atom is 0.222 e. The van der Waals surface area contributed by atoms with Crippen molar-refractivity contribution in [2.24, 2.45) is 5.92 Å². The Balaban J connectivity index is 1.27. The van der Waals surface area contributed by atoms with Gasteiger partial charge in [0.1, 0.15) is 6.10 Å². The van der Waals surface area contributed by atoms with Gasteiger partial charge in [0.25, 0.3) is 0 Å². The molecule has 3 aliphatic rings. The number of rotatable bonds is 6. The second-order valence-electron chi connectivity index (χ2n) is 8.27. The first kappa shape index (κ1) is 18.6. The first-order chi connectivity index (χ1) is 13.2. The van der Waals surface area contributed by atoms with Crippen molar-refractivity contribution in [2.75, 3.05) is 33.3 Å². The van der Waals surface area contributed by atoms with Gasteiger partial charge in [0.05, 0.1) is 7.11 Å². The minimum Gasteiger partial charge on any atom is -0.493 e. The van der Waals surface area contributed by atoms with Gasteiger partial charge in [0, 0.05) is 38.6 Å². The molecule has 0 spiro atoms. The quantitative estimate of drug-likeness (QED) is 0.768. The van der Waals surface area contributed by atoms with E-state index in [2.05, 4.69) is 9.80 Å². The Labute approximate surface area is 162 Å². The summed E-state index contributed by atoms with van der Waals surface area (Å²) < 4.78 is 11.6. The second kappa shape index (κ2) is 8.51. The number of hydrogen-bond donors (Lipinski definition) is 0. The highest BCUT2D eigenvalue weighted by molar-refractivity contribution is 5.76. The topological polar surface area (TPSA) is 42.0 Å². The van der Waals surface area contributed by atoms with Crippen molar-refractivity contribution >= 4 is 5.91 Å². The summed E-state index contributed by atoms with van der Waals surface area (Å²) in [7, 11) is 1.69. The molecule has 1 aromatic rings. The number of ether oxygens (including phenoxy) is 2. The number of piperidine rings is 1. The maximum atomic E-state index is 12.4. The van der Waals surface area contributed by atoms with Gasteiger partial charge in [-0.2, -0.15) is 0 Å². The molecule has 2 heterocycles. The van der Waals surface area contributed by atoms with E-state index >= 15 is 0 Å². The van der Waals surface area contributed by atoms with Crippen LogP contribution in [0.25, 0.3) is 0 Å². The van der Waals surface area contributed by atoms with Crippen LogP contribution in [0.1, 0.15) is 44.9 Å². The Hall–Kier alpha value is -1.75. The third kappa shape index (κ3) is 4.75. The molecule has 4 rings (SSSR count). The number of carbonyl (C=O) groups is 1. The van der Waals surface area contributed by atoms with E-state index in [0.29, 0.717) is 11.9 Å². The Morgan fingerprint density at radius 1 is 0.963 bits per heavy atom. The molecule has 0 radical (unpaired) electrons. The van der Waals surface area contributed by atoms with Crippen molar-refractivity contribution in [3.63, 3.8) is 0 Å². The molecule has 2 aliphatic heterocycles. The molecule has 0 bridgehead atoms. The predicted molar refractivity (Wildman–Crippen MR) is 105 cm³/mol. The summed E-state index contributed by atoms with van der Waals surface area (Å²) in [5.41, 5.74) is 0. The van der Waals surface area contributed by atoms with Crippen molar-refractivity contribution in [3.8, 4) is 11.5 Å². The van der Waals surface area contributed by atoms with Crippen LogP contribution < -0.4 is 9.47 Å². The van der Waals surface area contributed by atoms with E-state index in [1.807, 2.05) is 24.3 Å². The van der Waals surface area contributed by atoms with Crippen LogP contribution in [0.2, 0.25) is 0 Å². The number of hydrogen-bond acceptors (Lipinski definition) is 4. The highest BCUT2D eigenvalue weighted by Crippen LogP contribution is 2.32. The Morgan fingerprint density at radius 3 is 2.41 bits per heavy atom. The molecule has 3 fully saturated rings. The van der Waals surface area contributed by atoms with Crippen LogP contribution >= 0.6 is 0 Å². The molecule has 148 valence electrons. The normalized spacial score (nSPS) is 25.3. The lowest BCUT2D eigenvalue weighted by Crippen LogP contribution is -2.44. The fourth-order valence-electron chi connectivity index (χ4n) is 4.45. The maximum absolute atomic E-state index is 12.4. The van der Waals surface area contributed by atoms with Crippen molar-refractivity contribution in [2.45, 2.75) is 57.1 Å². The van der Waals surface area contributed by atoms with Crippen LogP contribution in [0.4, 0.5) is 0 Å². The summed E-state index contributed by atoms with van der Waals surface area (Å²) in [6.45, 7) is 4.06. The second-order valence-corrected chi connectivity index (χ2v) is 8.27. The average molecular weight is 373 g/mol. The summed E-state index contributed by atoms with van der Waals surface area (Å²) in [5, 5.41) is 0. The third-order valence-electron chi connectivity index (χ3n) is 6.31. The summed E-state index contributed by atoms with van der Waals surface area (Å²) in [6, 6.07) is 8.43. The lowest BCUT2D eigenvalue weighted by Gasteiger charge is -2.37. The molecule has 5 nitrogen and oxygen atoms in total. The molecule has 0 N–H and O–H groups in total. The van der Waals surface area contributed by atoms with E-state index in [1.54, 1.807) is 7.11 Å². The van der Waals surface area contributed by atoms with Gasteiger partial charge < -0.3 is 19.3 Å². The van der Waals surface area contributed by atoms with Crippen LogP contribution in [-0.2, 0) is 4.79 Å². The number of para-hydroxylation sites is 2. The SMILES string of the molecule is COc1ccccc1OC1CCN(C2CCC(=O)N(CC3CC3)CC2)CC1. The molecule has 27 heavy (non-hydrogen) atoms. The molecule has 1 aromatic carbocycles. The van der Waals surface area contributed by atoms with Crippen LogP contribution in [0, 0.1) is 5.92 Å². The van der Waals surface area contributed by atoms with Crippen molar-refractivity contribution in [3.05, 3.63) is 24.3 Å². The number of benzene rings is 1. The first-order valence-electron chi connectivity index (χ1n) is 10.5. The van der Waals surface area contributed by atoms with Gasteiger partial charge in [-0.05, 0) is 56.6 Å². The largest absolute Gasteiger partial charge is 0.493 e. The van der Waals surface area contributed by atoms with Gasteiger partial charge in [-0.1, -0.05) is 12.1 Å².